The van der Waals surface area contributed by atoms with Crippen LogP contribution in [0.25, 0.3) is 10.1 Å². The SMILES string of the molecule is Cc1sc2ccn(CC(C)C)c(=O)c2c1C(=O)N1CCC[C@@H](C)C1. The summed E-state index contributed by atoms with van der Waals surface area (Å²) in [5, 5.41) is 0.615. The van der Waals surface area contributed by atoms with Crippen LogP contribution in [0.2, 0.25) is 0 Å². The second kappa shape index (κ2) is 6.71. The van der Waals surface area contributed by atoms with Crippen molar-refractivity contribution in [1.82, 2.24) is 9.47 Å². The third kappa shape index (κ3) is 3.14. The number of pyridine rings is 1. The zero-order valence-corrected chi connectivity index (χ0v) is 15.8. The molecule has 0 aromatic carbocycles. The van der Waals surface area contributed by atoms with Gasteiger partial charge in [-0.25, -0.2) is 0 Å². The number of carbonyl (C=O) groups excluding carboxylic acids is 1. The average Bonchev–Trinajstić information content (AvgIpc) is 2.86. The van der Waals surface area contributed by atoms with E-state index in [-0.39, 0.29) is 11.5 Å². The van der Waals surface area contributed by atoms with Gasteiger partial charge in [0.25, 0.3) is 11.5 Å². The Bertz CT molecular complexity index is 819. The molecule has 1 aliphatic heterocycles. The van der Waals surface area contributed by atoms with Crippen LogP contribution >= 0.6 is 11.3 Å². The Morgan fingerprint density at radius 1 is 1.42 bits per heavy atom. The summed E-state index contributed by atoms with van der Waals surface area (Å²) in [6.45, 7) is 10.6. The maximum atomic E-state index is 13.1. The molecule has 0 saturated carbocycles. The fourth-order valence-electron chi connectivity index (χ4n) is 3.59. The number of nitrogens with zero attached hydrogens (tertiary/aromatic N) is 2. The third-order valence-corrected chi connectivity index (χ3v) is 5.78. The lowest BCUT2D eigenvalue weighted by molar-refractivity contribution is 0.0685. The fourth-order valence-corrected chi connectivity index (χ4v) is 4.63. The van der Waals surface area contributed by atoms with Crippen molar-refractivity contribution in [3.63, 3.8) is 0 Å². The molecule has 2 aromatic heterocycles. The van der Waals surface area contributed by atoms with Crippen molar-refractivity contribution in [1.29, 1.82) is 0 Å². The Morgan fingerprint density at radius 3 is 2.83 bits per heavy atom. The molecule has 0 unspecified atom stereocenters. The number of piperidine rings is 1. The van der Waals surface area contributed by atoms with E-state index in [9.17, 15) is 9.59 Å². The van der Waals surface area contributed by atoms with Crippen molar-refractivity contribution in [2.75, 3.05) is 13.1 Å². The van der Waals surface area contributed by atoms with Crippen molar-refractivity contribution in [2.24, 2.45) is 11.8 Å². The lowest BCUT2D eigenvalue weighted by Crippen LogP contribution is -2.39. The first-order chi connectivity index (χ1) is 11.4. The van der Waals surface area contributed by atoms with Crippen LogP contribution in [0, 0.1) is 18.8 Å². The summed E-state index contributed by atoms with van der Waals surface area (Å²) in [5.74, 6) is 0.956. The molecular formula is C19H26N2O2S. The Hall–Kier alpha value is -1.62. The van der Waals surface area contributed by atoms with E-state index in [1.54, 1.807) is 15.9 Å². The molecule has 0 aliphatic carbocycles. The Balaban J connectivity index is 2.08. The Kier molecular flexibility index (Phi) is 4.81. The predicted octanol–water partition coefficient (Wildman–Crippen LogP) is 3.90. The van der Waals surface area contributed by atoms with Gasteiger partial charge in [-0.3, -0.25) is 9.59 Å². The van der Waals surface area contributed by atoms with Crippen molar-refractivity contribution in [3.05, 3.63) is 33.1 Å². The molecule has 1 atom stereocenters. The molecule has 1 fully saturated rings. The lowest BCUT2D eigenvalue weighted by Gasteiger charge is -2.31. The molecule has 3 rings (SSSR count). The van der Waals surface area contributed by atoms with Gasteiger partial charge in [0.1, 0.15) is 0 Å². The molecule has 1 amide bonds. The number of rotatable bonds is 3. The van der Waals surface area contributed by atoms with Crippen molar-refractivity contribution in [3.8, 4) is 0 Å². The van der Waals surface area contributed by atoms with Gasteiger partial charge in [0.2, 0.25) is 0 Å². The van der Waals surface area contributed by atoms with E-state index in [0.29, 0.717) is 29.3 Å². The molecule has 0 radical (unpaired) electrons. The van der Waals surface area contributed by atoms with Crippen LogP contribution in [0.15, 0.2) is 17.1 Å². The number of fused-ring (bicyclic) bond motifs is 1. The normalized spacial score (nSPS) is 18.5. The molecule has 0 N–H and O–H groups in total. The average molecular weight is 346 g/mol. The predicted molar refractivity (Wildman–Crippen MR) is 100.0 cm³/mol. The molecule has 0 bridgehead atoms. The van der Waals surface area contributed by atoms with Crippen LogP contribution in [-0.2, 0) is 6.54 Å². The van der Waals surface area contributed by atoms with Gasteiger partial charge in [-0.15, -0.1) is 11.3 Å². The van der Waals surface area contributed by atoms with Crippen molar-refractivity contribution < 1.29 is 4.79 Å². The van der Waals surface area contributed by atoms with Crippen LogP contribution in [0.5, 0.6) is 0 Å². The highest BCUT2D eigenvalue weighted by molar-refractivity contribution is 7.19. The smallest absolute Gasteiger partial charge is 0.260 e. The van der Waals surface area contributed by atoms with Gasteiger partial charge in [-0.2, -0.15) is 0 Å². The zero-order valence-electron chi connectivity index (χ0n) is 15.0. The van der Waals surface area contributed by atoms with E-state index >= 15 is 0 Å². The number of aryl methyl sites for hydroxylation is 1. The summed E-state index contributed by atoms with van der Waals surface area (Å²) in [6, 6.07) is 1.98. The van der Waals surface area contributed by atoms with Gasteiger partial charge < -0.3 is 9.47 Å². The number of likely N-dealkylation sites (tertiary alicyclic amines) is 1. The molecule has 1 aliphatic rings. The second-order valence-electron chi connectivity index (χ2n) is 7.44. The fraction of sp³-hybridized carbons (Fsp3) is 0.579. The zero-order chi connectivity index (χ0) is 17.4. The standard InChI is InChI=1S/C19H26N2O2S/c1-12(2)10-21-9-7-15-17(19(21)23)16(14(4)24-15)18(22)20-8-5-6-13(3)11-20/h7,9,12-13H,5-6,8,10-11H2,1-4H3/t13-/m1/s1. The van der Waals surface area contributed by atoms with Gasteiger partial charge >= 0.3 is 0 Å². The van der Waals surface area contributed by atoms with Gasteiger partial charge in [-0.1, -0.05) is 20.8 Å². The van der Waals surface area contributed by atoms with E-state index in [2.05, 4.69) is 20.8 Å². The maximum Gasteiger partial charge on any atom is 0.260 e. The van der Waals surface area contributed by atoms with Crippen LogP contribution in [-0.4, -0.2) is 28.5 Å². The number of carbonyl (C=O) groups is 1. The molecule has 0 spiro atoms. The summed E-state index contributed by atoms with van der Waals surface area (Å²) in [5.41, 5.74) is 0.603. The van der Waals surface area contributed by atoms with Gasteiger partial charge in [0.15, 0.2) is 0 Å². The second-order valence-corrected chi connectivity index (χ2v) is 8.69. The molecular weight excluding hydrogens is 320 g/mol. The van der Waals surface area contributed by atoms with E-state index in [1.807, 2.05) is 24.1 Å². The molecule has 24 heavy (non-hydrogen) atoms. The molecule has 2 aromatic rings. The van der Waals surface area contributed by atoms with Crippen LogP contribution in [0.4, 0.5) is 0 Å². The van der Waals surface area contributed by atoms with E-state index in [4.69, 9.17) is 0 Å². The van der Waals surface area contributed by atoms with Crippen LogP contribution in [0.1, 0.15) is 48.8 Å². The van der Waals surface area contributed by atoms with E-state index in [0.717, 1.165) is 29.1 Å². The van der Waals surface area contributed by atoms with E-state index in [1.165, 1.54) is 6.42 Å². The molecule has 5 heteroatoms. The van der Waals surface area contributed by atoms with Gasteiger partial charge in [0.05, 0.1) is 10.9 Å². The number of hydrogen-bond acceptors (Lipinski definition) is 3. The highest BCUT2D eigenvalue weighted by Crippen LogP contribution is 2.30. The Labute approximate surface area is 147 Å². The van der Waals surface area contributed by atoms with Crippen LogP contribution in [0.3, 0.4) is 0 Å². The molecule has 130 valence electrons. The van der Waals surface area contributed by atoms with Gasteiger partial charge in [0, 0.05) is 35.4 Å². The topological polar surface area (TPSA) is 42.3 Å². The molecule has 4 nitrogen and oxygen atoms in total. The summed E-state index contributed by atoms with van der Waals surface area (Å²) in [6.07, 6.45) is 4.08. The summed E-state index contributed by atoms with van der Waals surface area (Å²) < 4.78 is 2.67. The minimum Gasteiger partial charge on any atom is -0.338 e. The number of hydrogen-bond donors (Lipinski definition) is 0. The lowest BCUT2D eigenvalue weighted by atomic mass is 9.99. The minimum atomic E-state index is -0.0287. The summed E-state index contributed by atoms with van der Waals surface area (Å²) in [4.78, 5) is 28.9. The molecule has 3 heterocycles. The number of aromatic nitrogens is 1. The monoisotopic (exact) mass is 346 g/mol. The quantitative estimate of drug-likeness (QED) is 0.846. The first-order valence-electron chi connectivity index (χ1n) is 8.80. The van der Waals surface area contributed by atoms with Gasteiger partial charge in [-0.05, 0) is 37.7 Å². The van der Waals surface area contributed by atoms with Crippen molar-refractivity contribution in [2.45, 2.75) is 47.1 Å². The first-order valence-corrected chi connectivity index (χ1v) is 9.62. The minimum absolute atomic E-state index is 0.0287. The van der Waals surface area contributed by atoms with Crippen LogP contribution < -0.4 is 5.56 Å². The number of amides is 1. The van der Waals surface area contributed by atoms with Crippen molar-refractivity contribution >= 4 is 27.3 Å². The largest absolute Gasteiger partial charge is 0.338 e. The summed E-state index contributed by atoms with van der Waals surface area (Å²) >= 11 is 1.55. The molecule has 1 saturated heterocycles. The first kappa shape index (κ1) is 17.2. The summed E-state index contributed by atoms with van der Waals surface area (Å²) in [7, 11) is 0. The Morgan fingerprint density at radius 2 is 2.17 bits per heavy atom. The number of thiophene rings is 1. The third-order valence-electron chi connectivity index (χ3n) is 4.71. The highest BCUT2D eigenvalue weighted by atomic mass is 32.1. The van der Waals surface area contributed by atoms with E-state index < -0.39 is 0 Å². The maximum absolute atomic E-state index is 13.1. The highest BCUT2D eigenvalue weighted by Gasteiger charge is 2.27.